The predicted octanol–water partition coefficient (Wildman–Crippen LogP) is 2.33. The Morgan fingerprint density at radius 1 is 1.36 bits per heavy atom. The molecule has 2 unspecified atom stereocenters. The normalized spacial score (nSPS) is 29.4. The molecule has 2 fully saturated rings. The standard InChI is InChI=1S/C12H23NO/c1-10(9-13-11-5-6-11)4-7-12-3-2-8-14-12/h10-13H,2-9H2,1H3. The van der Waals surface area contributed by atoms with Gasteiger partial charge in [-0.15, -0.1) is 0 Å². The van der Waals surface area contributed by atoms with Crippen LogP contribution < -0.4 is 5.32 Å². The van der Waals surface area contributed by atoms with E-state index in [0.29, 0.717) is 6.10 Å². The molecule has 0 bridgehead atoms. The minimum Gasteiger partial charge on any atom is -0.378 e. The lowest BCUT2D eigenvalue weighted by molar-refractivity contribution is 0.0987. The van der Waals surface area contributed by atoms with Crippen molar-refractivity contribution in [3.05, 3.63) is 0 Å². The largest absolute Gasteiger partial charge is 0.378 e. The summed E-state index contributed by atoms with van der Waals surface area (Å²) in [6, 6.07) is 0.861. The molecule has 0 aromatic heterocycles. The summed E-state index contributed by atoms with van der Waals surface area (Å²) in [6.07, 6.45) is 8.55. The zero-order valence-corrected chi connectivity index (χ0v) is 9.30. The lowest BCUT2D eigenvalue weighted by Gasteiger charge is -2.14. The van der Waals surface area contributed by atoms with E-state index in [1.165, 1.54) is 45.1 Å². The molecular formula is C12H23NO. The second kappa shape index (κ2) is 5.13. The number of ether oxygens (including phenoxy) is 1. The van der Waals surface area contributed by atoms with Gasteiger partial charge >= 0.3 is 0 Å². The van der Waals surface area contributed by atoms with Crippen LogP contribution in [-0.2, 0) is 4.74 Å². The van der Waals surface area contributed by atoms with Gasteiger partial charge in [0, 0.05) is 12.6 Å². The number of hydrogen-bond acceptors (Lipinski definition) is 2. The van der Waals surface area contributed by atoms with Crippen molar-refractivity contribution in [3.63, 3.8) is 0 Å². The van der Waals surface area contributed by atoms with Crippen LogP contribution in [0.4, 0.5) is 0 Å². The molecule has 2 heteroatoms. The van der Waals surface area contributed by atoms with Crippen molar-refractivity contribution < 1.29 is 4.74 Å². The molecule has 1 aliphatic carbocycles. The van der Waals surface area contributed by atoms with Gasteiger partial charge in [-0.05, 0) is 51.0 Å². The molecule has 0 aromatic rings. The average molecular weight is 197 g/mol. The van der Waals surface area contributed by atoms with Crippen molar-refractivity contribution in [1.82, 2.24) is 5.32 Å². The van der Waals surface area contributed by atoms with Crippen LogP contribution in [0.2, 0.25) is 0 Å². The van der Waals surface area contributed by atoms with Crippen molar-refractivity contribution >= 4 is 0 Å². The minimum atomic E-state index is 0.582. The fourth-order valence-electron chi connectivity index (χ4n) is 2.10. The monoisotopic (exact) mass is 197 g/mol. The van der Waals surface area contributed by atoms with Crippen LogP contribution in [0, 0.1) is 5.92 Å². The highest BCUT2D eigenvalue weighted by molar-refractivity contribution is 4.81. The van der Waals surface area contributed by atoms with Gasteiger partial charge in [0.15, 0.2) is 0 Å². The molecule has 0 radical (unpaired) electrons. The van der Waals surface area contributed by atoms with Gasteiger partial charge in [0.1, 0.15) is 0 Å². The molecule has 1 aliphatic heterocycles. The van der Waals surface area contributed by atoms with Crippen molar-refractivity contribution in [2.45, 2.75) is 57.6 Å². The maximum Gasteiger partial charge on any atom is 0.0576 e. The number of nitrogens with one attached hydrogen (secondary N) is 1. The molecule has 0 aromatic carbocycles. The molecule has 1 saturated carbocycles. The van der Waals surface area contributed by atoms with E-state index >= 15 is 0 Å². The van der Waals surface area contributed by atoms with E-state index in [4.69, 9.17) is 4.74 Å². The Morgan fingerprint density at radius 3 is 2.86 bits per heavy atom. The van der Waals surface area contributed by atoms with Gasteiger partial charge in [-0.25, -0.2) is 0 Å². The zero-order valence-electron chi connectivity index (χ0n) is 9.30. The molecular weight excluding hydrogens is 174 g/mol. The van der Waals surface area contributed by atoms with Crippen LogP contribution in [0.25, 0.3) is 0 Å². The highest BCUT2D eigenvalue weighted by Crippen LogP contribution is 2.21. The van der Waals surface area contributed by atoms with Gasteiger partial charge in [-0.3, -0.25) is 0 Å². The topological polar surface area (TPSA) is 21.3 Å². The predicted molar refractivity (Wildman–Crippen MR) is 58.4 cm³/mol. The molecule has 1 N–H and O–H groups in total. The zero-order chi connectivity index (χ0) is 9.80. The summed E-state index contributed by atoms with van der Waals surface area (Å²) in [5, 5.41) is 3.59. The first kappa shape index (κ1) is 10.4. The van der Waals surface area contributed by atoms with Gasteiger partial charge in [-0.2, -0.15) is 0 Å². The van der Waals surface area contributed by atoms with Crippen LogP contribution in [0.5, 0.6) is 0 Å². The van der Waals surface area contributed by atoms with Gasteiger partial charge in [0.05, 0.1) is 6.10 Å². The molecule has 0 amide bonds. The third-order valence-corrected chi connectivity index (χ3v) is 3.34. The Balaban J connectivity index is 1.50. The quantitative estimate of drug-likeness (QED) is 0.705. The Morgan fingerprint density at radius 2 is 2.21 bits per heavy atom. The molecule has 2 nitrogen and oxygen atoms in total. The summed E-state index contributed by atoms with van der Waals surface area (Å²) in [4.78, 5) is 0. The second-order valence-electron chi connectivity index (χ2n) is 5.00. The van der Waals surface area contributed by atoms with E-state index in [1.54, 1.807) is 0 Å². The van der Waals surface area contributed by atoms with Gasteiger partial charge in [-0.1, -0.05) is 6.92 Å². The molecule has 1 saturated heterocycles. The maximum atomic E-state index is 5.62. The Bertz CT molecular complexity index is 162. The van der Waals surface area contributed by atoms with E-state index in [1.807, 2.05) is 0 Å². The third kappa shape index (κ3) is 3.58. The number of hydrogen-bond donors (Lipinski definition) is 1. The fraction of sp³-hybridized carbons (Fsp3) is 1.00. The average Bonchev–Trinajstić information content (AvgIpc) is 2.87. The highest BCUT2D eigenvalue weighted by Gasteiger charge is 2.21. The molecule has 2 rings (SSSR count). The van der Waals surface area contributed by atoms with E-state index in [0.717, 1.165) is 18.6 Å². The lowest BCUT2D eigenvalue weighted by atomic mass is 10.0. The van der Waals surface area contributed by atoms with Crippen LogP contribution in [0.1, 0.15) is 45.4 Å². The van der Waals surface area contributed by atoms with Gasteiger partial charge in [0.2, 0.25) is 0 Å². The summed E-state index contributed by atoms with van der Waals surface area (Å²) >= 11 is 0. The summed E-state index contributed by atoms with van der Waals surface area (Å²) in [5.41, 5.74) is 0. The van der Waals surface area contributed by atoms with Crippen molar-refractivity contribution in [1.29, 1.82) is 0 Å². The molecule has 14 heavy (non-hydrogen) atoms. The van der Waals surface area contributed by atoms with Gasteiger partial charge < -0.3 is 10.1 Å². The van der Waals surface area contributed by atoms with Crippen LogP contribution in [0.3, 0.4) is 0 Å². The van der Waals surface area contributed by atoms with Crippen LogP contribution in [0.15, 0.2) is 0 Å². The van der Waals surface area contributed by atoms with Crippen LogP contribution >= 0.6 is 0 Å². The fourth-order valence-corrected chi connectivity index (χ4v) is 2.10. The third-order valence-electron chi connectivity index (χ3n) is 3.34. The first-order chi connectivity index (χ1) is 6.84. The lowest BCUT2D eigenvalue weighted by Crippen LogP contribution is -2.23. The van der Waals surface area contributed by atoms with Crippen LogP contribution in [-0.4, -0.2) is 25.3 Å². The Hall–Kier alpha value is -0.0800. The van der Waals surface area contributed by atoms with E-state index in [2.05, 4.69) is 12.2 Å². The molecule has 2 atom stereocenters. The van der Waals surface area contributed by atoms with E-state index < -0.39 is 0 Å². The first-order valence-corrected chi connectivity index (χ1v) is 6.19. The summed E-state index contributed by atoms with van der Waals surface area (Å²) in [7, 11) is 0. The first-order valence-electron chi connectivity index (χ1n) is 6.19. The molecule has 1 heterocycles. The minimum absolute atomic E-state index is 0.582. The molecule has 2 aliphatic rings. The smallest absolute Gasteiger partial charge is 0.0576 e. The SMILES string of the molecule is CC(CCC1CCCO1)CNC1CC1. The summed E-state index contributed by atoms with van der Waals surface area (Å²) < 4.78 is 5.62. The van der Waals surface area contributed by atoms with E-state index in [9.17, 15) is 0 Å². The van der Waals surface area contributed by atoms with Crippen molar-refractivity contribution in [3.8, 4) is 0 Å². The molecule has 0 spiro atoms. The highest BCUT2D eigenvalue weighted by atomic mass is 16.5. The second-order valence-corrected chi connectivity index (χ2v) is 5.00. The Kier molecular flexibility index (Phi) is 3.82. The number of rotatable bonds is 6. The van der Waals surface area contributed by atoms with E-state index in [-0.39, 0.29) is 0 Å². The Labute approximate surface area is 87.4 Å². The summed E-state index contributed by atoms with van der Waals surface area (Å²) in [5.74, 6) is 0.819. The van der Waals surface area contributed by atoms with Crippen molar-refractivity contribution in [2.24, 2.45) is 5.92 Å². The maximum absolute atomic E-state index is 5.62. The summed E-state index contributed by atoms with van der Waals surface area (Å²) in [6.45, 7) is 4.56. The van der Waals surface area contributed by atoms with Crippen molar-refractivity contribution in [2.75, 3.05) is 13.2 Å². The van der Waals surface area contributed by atoms with Gasteiger partial charge in [0.25, 0.3) is 0 Å². The molecule has 82 valence electrons.